The first-order valence-electron chi connectivity index (χ1n) is 5.48. The van der Waals surface area contributed by atoms with E-state index in [-0.39, 0.29) is 0 Å². The SMILES string of the molecule is COc1ccc(CS/N=C(/C)N)c(OC)c1CN. The van der Waals surface area contributed by atoms with E-state index in [2.05, 4.69) is 4.40 Å². The van der Waals surface area contributed by atoms with Gasteiger partial charge in [0.15, 0.2) is 0 Å². The summed E-state index contributed by atoms with van der Waals surface area (Å²) in [6, 6.07) is 3.84. The monoisotopic (exact) mass is 269 g/mol. The minimum Gasteiger partial charge on any atom is -0.496 e. The fraction of sp³-hybridized carbons (Fsp3) is 0.417. The van der Waals surface area contributed by atoms with E-state index >= 15 is 0 Å². The molecule has 0 aliphatic heterocycles. The van der Waals surface area contributed by atoms with E-state index in [0.29, 0.717) is 18.1 Å². The molecule has 18 heavy (non-hydrogen) atoms. The Morgan fingerprint density at radius 3 is 2.56 bits per heavy atom. The number of hydrogen-bond donors (Lipinski definition) is 2. The highest BCUT2D eigenvalue weighted by molar-refractivity contribution is 7.97. The molecule has 6 heteroatoms. The summed E-state index contributed by atoms with van der Waals surface area (Å²) in [4.78, 5) is 0. The molecule has 100 valence electrons. The maximum absolute atomic E-state index is 5.73. The number of methoxy groups -OCH3 is 2. The van der Waals surface area contributed by atoms with Crippen molar-refractivity contribution in [3.05, 3.63) is 23.3 Å². The first-order valence-corrected chi connectivity index (χ1v) is 6.43. The Bertz CT molecular complexity index is 432. The number of nitrogens with zero attached hydrogens (tertiary/aromatic N) is 1. The second-order valence-electron chi connectivity index (χ2n) is 3.65. The predicted octanol–water partition coefficient (Wildman–Crippen LogP) is 1.69. The number of ether oxygens (including phenoxy) is 2. The van der Waals surface area contributed by atoms with Gasteiger partial charge < -0.3 is 20.9 Å². The number of benzene rings is 1. The highest BCUT2D eigenvalue weighted by atomic mass is 32.2. The van der Waals surface area contributed by atoms with Crippen molar-refractivity contribution in [3.8, 4) is 11.5 Å². The van der Waals surface area contributed by atoms with E-state index < -0.39 is 0 Å². The largest absolute Gasteiger partial charge is 0.496 e. The molecule has 0 heterocycles. The van der Waals surface area contributed by atoms with Crippen molar-refractivity contribution >= 4 is 17.8 Å². The minimum atomic E-state index is 0.365. The van der Waals surface area contributed by atoms with E-state index in [1.54, 1.807) is 21.1 Å². The first-order chi connectivity index (χ1) is 8.63. The van der Waals surface area contributed by atoms with Crippen LogP contribution in [-0.4, -0.2) is 20.1 Å². The Morgan fingerprint density at radius 1 is 1.33 bits per heavy atom. The fourth-order valence-corrected chi connectivity index (χ4v) is 2.25. The average molecular weight is 269 g/mol. The molecule has 0 radical (unpaired) electrons. The van der Waals surface area contributed by atoms with Gasteiger partial charge in [-0.25, -0.2) is 4.40 Å². The Balaban J connectivity index is 3.01. The Kier molecular flexibility index (Phi) is 5.80. The molecule has 1 rings (SSSR count). The van der Waals surface area contributed by atoms with E-state index in [0.717, 1.165) is 22.6 Å². The Morgan fingerprint density at radius 2 is 2.06 bits per heavy atom. The summed E-state index contributed by atoms with van der Waals surface area (Å²) in [5.41, 5.74) is 13.1. The van der Waals surface area contributed by atoms with Crippen LogP contribution in [-0.2, 0) is 12.3 Å². The smallest absolute Gasteiger partial charge is 0.131 e. The van der Waals surface area contributed by atoms with Crippen molar-refractivity contribution in [1.82, 2.24) is 0 Å². The summed E-state index contributed by atoms with van der Waals surface area (Å²) in [6.45, 7) is 2.12. The number of rotatable bonds is 6. The summed E-state index contributed by atoms with van der Waals surface area (Å²) >= 11 is 1.38. The molecule has 0 bridgehead atoms. The van der Waals surface area contributed by atoms with Gasteiger partial charge in [0.05, 0.1) is 14.2 Å². The van der Waals surface area contributed by atoms with E-state index in [4.69, 9.17) is 20.9 Å². The minimum absolute atomic E-state index is 0.365. The molecular formula is C12H19N3O2S. The van der Waals surface area contributed by atoms with Gasteiger partial charge >= 0.3 is 0 Å². The standard InChI is InChI=1S/C12H19N3O2S/c1-8(14)15-18-7-9-4-5-11(16-2)10(6-13)12(9)17-3/h4-5H,6-7,13H2,1-3H3,(H2,14,15). The van der Waals surface area contributed by atoms with Crippen LogP contribution in [0.1, 0.15) is 18.1 Å². The molecule has 0 atom stereocenters. The van der Waals surface area contributed by atoms with Crippen molar-refractivity contribution in [3.63, 3.8) is 0 Å². The van der Waals surface area contributed by atoms with Crippen LogP contribution in [0.2, 0.25) is 0 Å². The highest BCUT2D eigenvalue weighted by Crippen LogP contribution is 2.34. The molecule has 0 saturated carbocycles. The summed E-state index contributed by atoms with van der Waals surface area (Å²) in [5, 5.41) is 0. The molecule has 0 spiro atoms. The molecule has 0 aliphatic carbocycles. The van der Waals surface area contributed by atoms with Crippen LogP contribution in [0.4, 0.5) is 0 Å². The summed E-state index contributed by atoms with van der Waals surface area (Å²) < 4.78 is 14.8. The van der Waals surface area contributed by atoms with Crippen LogP contribution in [0.25, 0.3) is 0 Å². The lowest BCUT2D eigenvalue weighted by Gasteiger charge is -2.15. The van der Waals surface area contributed by atoms with Crippen LogP contribution in [0, 0.1) is 0 Å². The molecule has 0 aromatic heterocycles. The summed E-state index contributed by atoms with van der Waals surface area (Å²) in [6.07, 6.45) is 0. The summed E-state index contributed by atoms with van der Waals surface area (Å²) in [5.74, 6) is 2.72. The number of amidine groups is 1. The normalized spacial score (nSPS) is 11.4. The van der Waals surface area contributed by atoms with Gasteiger partial charge in [0.1, 0.15) is 17.3 Å². The van der Waals surface area contributed by atoms with Crippen LogP contribution in [0.5, 0.6) is 11.5 Å². The quantitative estimate of drug-likeness (QED) is 0.466. The van der Waals surface area contributed by atoms with E-state index in [1.807, 2.05) is 12.1 Å². The first kappa shape index (κ1) is 14.7. The van der Waals surface area contributed by atoms with Gasteiger partial charge in [-0.1, -0.05) is 6.07 Å². The van der Waals surface area contributed by atoms with Gasteiger partial charge in [0.25, 0.3) is 0 Å². The number of hydrogen-bond acceptors (Lipinski definition) is 5. The van der Waals surface area contributed by atoms with Gasteiger partial charge in [-0.15, -0.1) is 0 Å². The zero-order valence-corrected chi connectivity index (χ0v) is 11.7. The predicted molar refractivity (Wildman–Crippen MR) is 76.0 cm³/mol. The molecule has 5 nitrogen and oxygen atoms in total. The van der Waals surface area contributed by atoms with Crippen molar-refractivity contribution < 1.29 is 9.47 Å². The van der Waals surface area contributed by atoms with Crippen LogP contribution >= 0.6 is 11.9 Å². The molecular weight excluding hydrogens is 250 g/mol. The molecule has 0 fully saturated rings. The summed E-state index contributed by atoms with van der Waals surface area (Å²) in [7, 11) is 3.24. The molecule has 4 N–H and O–H groups in total. The zero-order chi connectivity index (χ0) is 13.5. The number of nitrogens with two attached hydrogens (primary N) is 2. The molecule has 1 aromatic rings. The maximum atomic E-state index is 5.73. The zero-order valence-electron chi connectivity index (χ0n) is 10.9. The average Bonchev–Trinajstić information content (AvgIpc) is 2.37. The molecule has 0 amide bonds. The van der Waals surface area contributed by atoms with Crippen LogP contribution < -0.4 is 20.9 Å². The third-order valence-electron chi connectivity index (χ3n) is 2.36. The van der Waals surface area contributed by atoms with Gasteiger partial charge in [0, 0.05) is 23.4 Å². The molecule has 0 saturated heterocycles. The topological polar surface area (TPSA) is 82.9 Å². The van der Waals surface area contributed by atoms with Gasteiger partial charge in [-0.2, -0.15) is 0 Å². The maximum Gasteiger partial charge on any atom is 0.131 e. The molecule has 0 aliphatic rings. The van der Waals surface area contributed by atoms with Crippen LogP contribution in [0.15, 0.2) is 16.5 Å². The molecule has 1 aromatic carbocycles. The third-order valence-corrected chi connectivity index (χ3v) is 3.21. The van der Waals surface area contributed by atoms with E-state index in [9.17, 15) is 0 Å². The van der Waals surface area contributed by atoms with E-state index in [1.165, 1.54) is 11.9 Å². The second kappa shape index (κ2) is 7.13. The lowest BCUT2D eigenvalue weighted by molar-refractivity contribution is 0.383. The lowest BCUT2D eigenvalue weighted by Crippen LogP contribution is -2.05. The van der Waals surface area contributed by atoms with Crippen molar-refractivity contribution in [2.75, 3.05) is 14.2 Å². The van der Waals surface area contributed by atoms with Gasteiger partial charge in [0.2, 0.25) is 0 Å². The highest BCUT2D eigenvalue weighted by Gasteiger charge is 2.13. The lowest BCUT2D eigenvalue weighted by atomic mass is 10.1. The second-order valence-corrected chi connectivity index (χ2v) is 4.38. The van der Waals surface area contributed by atoms with Gasteiger partial charge in [-0.05, 0) is 24.9 Å². The fourth-order valence-electron chi connectivity index (χ4n) is 1.61. The van der Waals surface area contributed by atoms with Gasteiger partial charge in [-0.3, -0.25) is 0 Å². The third kappa shape index (κ3) is 3.54. The Hall–Kier alpha value is -1.40. The molecule has 0 unspecified atom stereocenters. The van der Waals surface area contributed by atoms with Crippen molar-refractivity contribution in [2.24, 2.45) is 15.9 Å². The van der Waals surface area contributed by atoms with Crippen LogP contribution in [0.3, 0.4) is 0 Å². The Labute approximate surface area is 112 Å². The van der Waals surface area contributed by atoms with Crippen molar-refractivity contribution in [1.29, 1.82) is 0 Å². The van der Waals surface area contributed by atoms with Crippen molar-refractivity contribution in [2.45, 2.75) is 19.2 Å².